The van der Waals surface area contributed by atoms with E-state index in [0.29, 0.717) is 32.6 Å². The highest BCUT2D eigenvalue weighted by Crippen LogP contribution is 2.15. The second-order valence-corrected chi connectivity index (χ2v) is 6.62. The van der Waals surface area contributed by atoms with Gasteiger partial charge in [-0.05, 0) is 29.1 Å². The molecule has 2 amide bonds. The Morgan fingerprint density at radius 2 is 1.71 bits per heavy atom. The molecule has 2 aromatic rings. The maximum absolute atomic E-state index is 12.4. The van der Waals surface area contributed by atoms with Crippen molar-refractivity contribution in [3.8, 4) is 5.75 Å². The highest BCUT2D eigenvalue weighted by atomic mass is 32.1. The van der Waals surface area contributed by atoms with E-state index in [-0.39, 0.29) is 11.8 Å². The van der Waals surface area contributed by atoms with Crippen LogP contribution in [0, 0.1) is 0 Å². The summed E-state index contributed by atoms with van der Waals surface area (Å²) < 4.78 is 5.12. The Morgan fingerprint density at radius 3 is 2.29 bits per heavy atom. The molecule has 0 spiro atoms. The van der Waals surface area contributed by atoms with Crippen LogP contribution in [-0.4, -0.2) is 54.9 Å². The quantitative estimate of drug-likeness (QED) is 0.855. The lowest BCUT2D eigenvalue weighted by atomic mass is 10.1. The first kappa shape index (κ1) is 16.5. The fourth-order valence-electron chi connectivity index (χ4n) is 2.74. The zero-order valence-electron chi connectivity index (χ0n) is 13.6. The highest BCUT2D eigenvalue weighted by molar-refractivity contribution is 7.12. The van der Waals surface area contributed by atoms with Crippen LogP contribution in [0.3, 0.4) is 0 Å². The molecule has 24 heavy (non-hydrogen) atoms. The summed E-state index contributed by atoms with van der Waals surface area (Å²) in [7, 11) is 1.62. The van der Waals surface area contributed by atoms with Gasteiger partial charge in [-0.25, -0.2) is 0 Å². The van der Waals surface area contributed by atoms with Crippen molar-refractivity contribution in [1.29, 1.82) is 0 Å². The van der Waals surface area contributed by atoms with Gasteiger partial charge in [-0.3, -0.25) is 9.59 Å². The zero-order chi connectivity index (χ0) is 16.9. The number of hydrogen-bond acceptors (Lipinski definition) is 4. The molecule has 0 N–H and O–H groups in total. The molecule has 0 atom stereocenters. The van der Waals surface area contributed by atoms with Gasteiger partial charge in [-0.1, -0.05) is 18.2 Å². The van der Waals surface area contributed by atoms with E-state index in [2.05, 4.69) is 0 Å². The van der Waals surface area contributed by atoms with Gasteiger partial charge in [0.25, 0.3) is 5.91 Å². The van der Waals surface area contributed by atoms with E-state index in [1.54, 1.807) is 7.11 Å². The maximum atomic E-state index is 12.4. The lowest BCUT2D eigenvalue weighted by Gasteiger charge is -2.34. The first-order valence-corrected chi connectivity index (χ1v) is 8.79. The summed E-state index contributed by atoms with van der Waals surface area (Å²) >= 11 is 1.45. The first-order chi connectivity index (χ1) is 11.7. The molecule has 1 aromatic heterocycles. The fourth-order valence-corrected chi connectivity index (χ4v) is 3.44. The van der Waals surface area contributed by atoms with E-state index < -0.39 is 0 Å². The summed E-state index contributed by atoms with van der Waals surface area (Å²) in [4.78, 5) is 29.1. The topological polar surface area (TPSA) is 49.9 Å². The van der Waals surface area contributed by atoms with Gasteiger partial charge in [0.15, 0.2) is 0 Å². The molecule has 0 bridgehead atoms. The molecule has 1 aliphatic rings. The van der Waals surface area contributed by atoms with Crippen molar-refractivity contribution in [2.75, 3.05) is 33.3 Å². The third-order valence-corrected chi connectivity index (χ3v) is 5.02. The fraction of sp³-hybridized carbons (Fsp3) is 0.333. The van der Waals surface area contributed by atoms with Gasteiger partial charge in [0, 0.05) is 26.2 Å². The number of carbonyl (C=O) groups is 2. The molecule has 5 nitrogen and oxygen atoms in total. The van der Waals surface area contributed by atoms with Crippen LogP contribution in [0.5, 0.6) is 5.75 Å². The molecule has 2 heterocycles. The molecule has 0 unspecified atom stereocenters. The number of carbonyl (C=O) groups excluding carboxylic acids is 2. The summed E-state index contributed by atoms with van der Waals surface area (Å²) in [6, 6.07) is 11.3. The highest BCUT2D eigenvalue weighted by Gasteiger charge is 2.25. The Morgan fingerprint density at radius 1 is 1.04 bits per heavy atom. The van der Waals surface area contributed by atoms with Crippen molar-refractivity contribution in [1.82, 2.24) is 9.80 Å². The molecule has 3 rings (SSSR count). The molecule has 1 saturated heterocycles. The second-order valence-electron chi connectivity index (χ2n) is 5.68. The number of methoxy groups -OCH3 is 1. The minimum absolute atomic E-state index is 0.0623. The smallest absolute Gasteiger partial charge is 0.264 e. The second kappa shape index (κ2) is 7.49. The average Bonchev–Trinajstić information content (AvgIpc) is 3.16. The molecular formula is C18H20N2O3S. The van der Waals surface area contributed by atoms with Crippen molar-refractivity contribution in [2.45, 2.75) is 6.42 Å². The predicted molar refractivity (Wildman–Crippen MR) is 93.5 cm³/mol. The Labute approximate surface area is 145 Å². The van der Waals surface area contributed by atoms with E-state index >= 15 is 0 Å². The van der Waals surface area contributed by atoms with E-state index in [0.717, 1.165) is 16.2 Å². The predicted octanol–water partition coefficient (Wildman–Crippen LogP) is 2.28. The van der Waals surface area contributed by atoms with Crippen LogP contribution in [0.25, 0.3) is 0 Å². The van der Waals surface area contributed by atoms with Gasteiger partial charge in [-0.15, -0.1) is 11.3 Å². The Balaban J connectivity index is 1.52. The number of thiophene rings is 1. The lowest BCUT2D eigenvalue weighted by Crippen LogP contribution is -2.50. The summed E-state index contributed by atoms with van der Waals surface area (Å²) in [5.41, 5.74) is 0.970. The lowest BCUT2D eigenvalue weighted by molar-refractivity contribution is -0.131. The Bertz CT molecular complexity index is 690. The SMILES string of the molecule is COc1ccc(CC(=O)N2CCN(C(=O)c3cccs3)CC2)cc1. The van der Waals surface area contributed by atoms with Crippen LogP contribution in [-0.2, 0) is 11.2 Å². The standard InChI is InChI=1S/C18H20N2O3S/c1-23-15-6-4-14(5-7-15)13-17(21)19-8-10-20(11-9-19)18(22)16-3-2-12-24-16/h2-7,12H,8-11,13H2,1H3. The van der Waals surface area contributed by atoms with Crippen molar-refractivity contribution >= 4 is 23.2 Å². The van der Waals surface area contributed by atoms with Gasteiger partial charge < -0.3 is 14.5 Å². The average molecular weight is 344 g/mol. The van der Waals surface area contributed by atoms with Crippen LogP contribution in [0.2, 0.25) is 0 Å². The van der Waals surface area contributed by atoms with Crippen molar-refractivity contribution in [2.24, 2.45) is 0 Å². The maximum Gasteiger partial charge on any atom is 0.264 e. The number of nitrogens with zero attached hydrogens (tertiary/aromatic N) is 2. The minimum Gasteiger partial charge on any atom is -0.497 e. The van der Waals surface area contributed by atoms with Gasteiger partial charge in [0.05, 0.1) is 18.4 Å². The van der Waals surface area contributed by atoms with Crippen LogP contribution < -0.4 is 4.74 Å². The van der Waals surface area contributed by atoms with Crippen molar-refractivity contribution < 1.29 is 14.3 Å². The molecule has 1 aromatic carbocycles. The normalized spacial score (nSPS) is 14.5. The third kappa shape index (κ3) is 3.76. The Kier molecular flexibility index (Phi) is 5.15. The van der Waals surface area contributed by atoms with Gasteiger partial charge in [-0.2, -0.15) is 0 Å². The number of hydrogen-bond donors (Lipinski definition) is 0. The summed E-state index contributed by atoms with van der Waals surface area (Å²) in [5, 5.41) is 1.90. The zero-order valence-corrected chi connectivity index (χ0v) is 14.4. The summed E-state index contributed by atoms with van der Waals surface area (Å²) in [6.45, 7) is 2.36. The van der Waals surface area contributed by atoms with Gasteiger partial charge in [0.2, 0.25) is 5.91 Å². The Hall–Kier alpha value is -2.34. The number of amides is 2. The van der Waals surface area contributed by atoms with Crippen LogP contribution >= 0.6 is 11.3 Å². The molecule has 0 aliphatic carbocycles. The largest absolute Gasteiger partial charge is 0.497 e. The number of benzene rings is 1. The van der Waals surface area contributed by atoms with E-state index in [9.17, 15) is 9.59 Å². The molecular weight excluding hydrogens is 324 g/mol. The monoisotopic (exact) mass is 344 g/mol. The summed E-state index contributed by atoms with van der Waals surface area (Å²) in [6.07, 6.45) is 0.378. The molecule has 126 valence electrons. The molecule has 1 fully saturated rings. The number of rotatable bonds is 4. The van der Waals surface area contributed by atoms with Gasteiger partial charge in [0.1, 0.15) is 5.75 Å². The van der Waals surface area contributed by atoms with E-state index in [4.69, 9.17) is 4.74 Å². The third-order valence-electron chi connectivity index (χ3n) is 4.17. The van der Waals surface area contributed by atoms with Crippen molar-refractivity contribution in [3.05, 3.63) is 52.2 Å². The molecule has 0 saturated carbocycles. The number of piperazine rings is 1. The molecule has 6 heteroatoms. The van der Waals surface area contributed by atoms with E-state index in [1.807, 2.05) is 51.6 Å². The van der Waals surface area contributed by atoms with Gasteiger partial charge >= 0.3 is 0 Å². The number of ether oxygens (including phenoxy) is 1. The van der Waals surface area contributed by atoms with Crippen LogP contribution in [0.15, 0.2) is 41.8 Å². The van der Waals surface area contributed by atoms with Crippen LogP contribution in [0.4, 0.5) is 0 Å². The summed E-state index contributed by atoms with van der Waals surface area (Å²) in [5.74, 6) is 0.947. The minimum atomic E-state index is 0.0623. The van der Waals surface area contributed by atoms with E-state index in [1.165, 1.54) is 11.3 Å². The van der Waals surface area contributed by atoms with Crippen LogP contribution in [0.1, 0.15) is 15.2 Å². The molecule has 0 radical (unpaired) electrons. The van der Waals surface area contributed by atoms with Crippen molar-refractivity contribution in [3.63, 3.8) is 0 Å². The first-order valence-electron chi connectivity index (χ1n) is 7.91. The molecule has 1 aliphatic heterocycles.